The first-order valence-corrected chi connectivity index (χ1v) is 7.23. The van der Waals surface area contributed by atoms with E-state index in [1.807, 2.05) is 0 Å². The SMILES string of the molecule is CC1SCCN(CCCCCC(=O)O)C1C. The lowest BCUT2D eigenvalue weighted by Gasteiger charge is -2.37. The molecule has 16 heavy (non-hydrogen) atoms. The van der Waals surface area contributed by atoms with E-state index in [0.717, 1.165) is 31.1 Å². The highest BCUT2D eigenvalue weighted by molar-refractivity contribution is 8.00. The maximum Gasteiger partial charge on any atom is 0.303 e. The molecule has 1 N–H and O–H groups in total. The van der Waals surface area contributed by atoms with Crippen LogP contribution >= 0.6 is 11.8 Å². The summed E-state index contributed by atoms with van der Waals surface area (Å²) in [6, 6.07) is 0.665. The van der Waals surface area contributed by atoms with Crippen molar-refractivity contribution >= 4 is 17.7 Å². The number of carbonyl (C=O) groups is 1. The Labute approximate surface area is 103 Å². The van der Waals surface area contributed by atoms with Crippen LogP contribution in [0.2, 0.25) is 0 Å². The molecule has 94 valence electrons. The van der Waals surface area contributed by atoms with Crippen LogP contribution in [-0.2, 0) is 4.79 Å². The fourth-order valence-corrected chi connectivity index (χ4v) is 3.24. The monoisotopic (exact) mass is 245 g/mol. The van der Waals surface area contributed by atoms with E-state index in [4.69, 9.17) is 5.11 Å². The van der Waals surface area contributed by atoms with Crippen molar-refractivity contribution in [3.05, 3.63) is 0 Å². The summed E-state index contributed by atoms with van der Waals surface area (Å²) in [7, 11) is 0. The maximum absolute atomic E-state index is 10.3. The van der Waals surface area contributed by atoms with Crippen LogP contribution in [0.4, 0.5) is 0 Å². The predicted molar refractivity (Wildman–Crippen MR) is 69.1 cm³/mol. The summed E-state index contributed by atoms with van der Waals surface area (Å²) in [5.74, 6) is 0.567. The van der Waals surface area contributed by atoms with Gasteiger partial charge in [0.2, 0.25) is 0 Å². The molecule has 1 aliphatic heterocycles. The normalized spacial score (nSPS) is 26.9. The molecule has 0 aromatic carbocycles. The highest BCUT2D eigenvalue weighted by Gasteiger charge is 2.24. The van der Waals surface area contributed by atoms with Crippen molar-refractivity contribution in [2.45, 2.75) is 50.8 Å². The number of nitrogens with zero attached hydrogens (tertiary/aromatic N) is 1. The molecule has 2 atom stereocenters. The number of thioether (sulfide) groups is 1. The van der Waals surface area contributed by atoms with Crippen LogP contribution < -0.4 is 0 Å². The number of carboxylic acid groups (broad SMARTS) is 1. The first-order chi connectivity index (χ1) is 7.61. The molecular formula is C12H23NO2S. The predicted octanol–water partition coefficient (Wildman–Crippen LogP) is 2.46. The van der Waals surface area contributed by atoms with E-state index in [-0.39, 0.29) is 0 Å². The second kappa shape index (κ2) is 7.17. The molecule has 0 bridgehead atoms. The van der Waals surface area contributed by atoms with Gasteiger partial charge in [-0.1, -0.05) is 13.3 Å². The summed E-state index contributed by atoms with van der Waals surface area (Å²) in [4.78, 5) is 12.9. The Morgan fingerprint density at radius 2 is 2.12 bits per heavy atom. The highest BCUT2D eigenvalue weighted by atomic mass is 32.2. The lowest BCUT2D eigenvalue weighted by molar-refractivity contribution is -0.137. The third-order valence-corrected chi connectivity index (χ3v) is 4.69. The van der Waals surface area contributed by atoms with Crippen molar-refractivity contribution in [2.24, 2.45) is 0 Å². The summed E-state index contributed by atoms with van der Waals surface area (Å²) in [6.45, 7) is 6.92. The Kier molecular flexibility index (Phi) is 6.21. The molecule has 1 aliphatic rings. The molecule has 0 radical (unpaired) electrons. The van der Waals surface area contributed by atoms with Gasteiger partial charge in [0.25, 0.3) is 0 Å². The summed E-state index contributed by atoms with van der Waals surface area (Å²) in [5.41, 5.74) is 0. The van der Waals surface area contributed by atoms with E-state index < -0.39 is 5.97 Å². The third kappa shape index (κ3) is 4.74. The fraction of sp³-hybridized carbons (Fsp3) is 0.917. The zero-order valence-corrected chi connectivity index (χ0v) is 11.1. The Balaban J connectivity index is 2.10. The summed E-state index contributed by atoms with van der Waals surface area (Å²) in [6.07, 6.45) is 3.32. The lowest BCUT2D eigenvalue weighted by Crippen LogP contribution is -2.44. The number of hydrogen-bond acceptors (Lipinski definition) is 3. The topological polar surface area (TPSA) is 40.5 Å². The first-order valence-electron chi connectivity index (χ1n) is 6.18. The molecule has 0 aromatic rings. The first kappa shape index (κ1) is 13.8. The number of rotatable bonds is 6. The minimum atomic E-state index is -0.670. The Bertz CT molecular complexity index is 223. The minimum Gasteiger partial charge on any atom is -0.481 e. The van der Waals surface area contributed by atoms with E-state index >= 15 is 0 Å². The van der Waals surface area contributed by atoms with Gasteiger partial charge in [0, 0.05) is 30.0 Å². The zero-order valence-electron chi connectivity index (χ0n) is 10.3. The molecule has 1 heterocycles. The van der Waals surface area contributed by atoms with E-state index in [1.165, 1.54) is 12.3 Å². The van der Waals surface area contributed by atoms with Gasteiger partial charge in [-0.3, -0.25) is 9.69 Å². The average Bonchev–Trinajstić information content (AvgIpc) is 2.23. The van der Waals surface area contributed by atoms with Gasteiger partial charge in [-0.2, -0.15) is 11.8 Å². The molecule has 1 fully saturated rings. The van der Waals surface area contributed by atoms with Gasteiger partial charge in [-0.25, -0.2) is 0 Å². The molecule has 0 saturated carbocycles. The summed E-state index contributed by atoms with van der Waals surface area (Å²) >= 11 is 2.06. The van der Waals surface area contributed by atoms with E-state index in [0.29, 0.717) is 12.5 Å². The van der Waals surface area contributed by atoms with Gasteiger partial charge in [0.1, 0.15) is 0 Å². The van der Waals surface area contributed by atoms with Crippen molar-refractivity contribution in [3.8, 4) is 0 Å². The van der Waals surface area contributed by atoms with Crippen LogP contribution in [0.15, 0.2) is 0 Å². The molecule has 0 aliphatic carbocycles. The Hall–Kier alpha value is -0.220. The van der Waals surface area contributed by atoms with Crippen molar-refractivity contribution < 1.29 is 9.90 Å². The standard InChI is InChI=1S/C12H23NO2S/c1-10-11(2)16-9-8-13(10)7-5-3-4-6-12(14)15/h10-11H,3-9H2,1-2H3,(H,14,15). The Morgan fingerprint density at radius 1 is 1.38 bits per heavy atom. The van der Waals surface area contributed by atoms with Gasteiger partial charge in [-0.05, 0) is 26.3 Å². The van der Waals surface area contributed by atoms with Crippen LogP contribution in [0, 0.1) is 0 Å². The number of unbranched alkanes of at least 4 members (excludes halogenated alkanes) is 2. The Morgan fingerprint density at radius 3 is 2.81 bits per heavy atom. The van der Waals surface area contributed by atoms with Gasteiger partial charge in [0.05, 0.1) is 0 Å². The van der Waals surface area contributed by atoms with Crippen molar-refractivity contribution in [1.82, 2.24) is 4.90 Å². The summed E-state index contributed by atoms with van der Waals surface area (Å²) < 4.78 is 0. The minimum absolute atomic E-state index is 0.321. The van der Waals surface area contributed by atoms with E-state index in [9.17, 15) is 4.79 Å². The average molecular weight is 245 g/mol. The summed E-state index contributed by atoms with van der Waals surface area (Å²) in [5, 5.41) is 9.25. The number of carboxylic acids is 1. The molecule has 2 unspecified atom stereocenters. The fourth-order valence-electron chi connectivity index (χ4n) is 2.08. The van der Waals surface area contributed by atoms with Crippen LogP contribution in [0.1, 0.15) is 39.5 Å². The van der Waals surface area contributed by atoms with Gasteiger partial charge in [0.15, 0.2) is 0 Å². The van der Waals surface area contributed by atoms with Crippen molar-refractivity contribution in [1.29, 1.82) is 0 Å². The molecule has 1 rings (SSSR count). The van der Waals surface area contributed by atoms with Crippen molar-refractivity contribution in [2.75, 3.05) is 18.8 Å². The third-order valence-electron chi connectivity index (χ3n) is 3.35. The largest absolute Gasteiger partial charge is 0.481 e. The second-order valence-corrected chi connectivity index (χ2v) is 6.04. The maximum atomic E-state index is 10.3. The van der Waals surface area contributed by atoms with Crippen molar-refractivity contribution in [3.63, 3.8) is 0 Å². The molecule has 0 aromatic heterocycles. The zero-order chi connectivity index (χ0) is 12.0. The van der Waals surface area contributed by atoms with Gasteiger partial charge < -0.3 is 5.11 Å². The molecule has 1 saturated heterocycles. The molecule has 0 amide bonds. The van der Waals surface area contributed by atoms with E-state index in [1.54, 1.807) is 0 Å². The highest BCUT2D eigenvalue weighted by Crippen LogP contribution is 2.24. The van der Waals surface area contributed by atoms with Crippen LogP contribution in [-0.4, -0.2) is 46.1 Å². The quantitative estimate of drug-likeness (QED) is 0.730. The van der Waals surface area contributed by atoms with Crippen LogP contribution in [0.5, 0.6) is 0 Å². The molecule has 3 nitrogen and oxygen atoms in total. The number of aliphatic carboxylic acids is 1. The smallest absolute Gasteiger partial charge is 0.303 e. The van der Waals surface area contributed by atoms with Gasteiger partial charge in [-0.15, -0.1) is 0 Å². The number of hydrogen-bond donors (Lipinski definition) is 1. The molecule has 0 spiro atoms. The van der Waals surface area contributed by atoms with Gasteiger partial charge >= 0.3 is 5.97 Å². The van der Waals surface area contributed by atoms with Crippen LogP contribution in [0.25, 0.3) is 0 Å². The molecular weight excluding hydrogens is 222 g/mol. The second-order valence-electron chi connectivity index (χ2n) is 4.56. The van der Waals surface area contributed by atoms with Crippen LogP contribution in [0.3, 0.4) is 0 Å². The van der Waals surface area contributed by atoms with E-state index in [2.05, 4.69) is 30.5 Å². The molecule has 4 heteroatoms. The lowest BCUT2D eigenvalue weighted by atomic mass is 10.1.